The Labute approximate surface area is 159 Å². The number of hydrogen-bond acceptors (Lipinski definition) is 6. The van der Waals surface area contributed by atoms with Crippen LogP contribution in [-0.2, 0) is 16.1 Å². The van der Waals surface area contributed by atoms with Gasteiger partial charge in [0.25, 0.3) is 0 Å². The van der Waals surface area contributed by atoms with Crippen LogP contribution >= 0.6 is 11.3 Å². The van der Waals surface area contributed by atoms with Crippen molar-refractivity contribution in [1.82, 2.24) is 20.5 Å². The van der Waals surface area contributed by atoms with Crippen molar-refractivity contribution in [2.75, 3.05) is 18.1 Å². The minimum Gasteiger partial charge on any atom is -0.494 e. The van der Waals surface area contributed by atoms with Crippen LogP contribution in [0.2, 0.25) is 0 Å². The number of ether oxygens (including phenoxy) is 1. The van der Waals surface area contributed by atoms with Gasteiger partial charge < -0.3 is 10.1 Å². The second kappa shape index (κ2) is 7.36. The largest absolute Gasteiger partial charge is 0.494 e. The van der Waals surface area contributed by atoms with E-state index >= 15 is 0 Å². The molecule has 1 aromatic carbocycles. The number of nitrogens with zero attached hydrogens (tertiary/aromatic N) is 3. The molecule has 9 heteroatoms. The number of rotatable bonds is 6. The number of aromatic amines is 1. The number of fused-ring (bicyclic) bond motifs is 1. The molecule has 1 fully saturated rings. The van der Waals surface area contributed by atoms with Crippen LogP contribution in [0.1, 0.15) is 19.0 Å². The van der Waals surface area contributed by atoms with E-state index in [0.29, 0.717) is 24.8 Å². The summed E-state index contributed by atoms with van der Waals surface area (Å²) < 4.78 is 6.47. The second-order valence-corrected chi connectivity index (χ2v) is 7.27. The zero-order valence-electron chi connectivity index (χ0n) is 14.8. The summed E-state index contributed by atoms with van der Waals surface area (Å²) in [6.07, 6.45) is 1.82. The Kier molecular flexibility index (Phi) is 4.76. The first-order valence-corrected chi connectivity index (χ1v) is 9.55. The number of H-pyrrole nitrogens is 1. The van der Waals surface area contributed by atoms with Crippen molar-refractivity contribution in [2.24, 2.45) is 5.92 Å². The number of aromatic nitrogens is 3. The summed E-state index contributed by atoms with van der Waals surface area (Å²) in [7, 11) is 0. The van der Waals surface area contributed by atoms with Crippen molar-refractivity contribution >= 4 is 38.5 Å². The SMILES string of the molecule is CCOc1ccc2nc(N3CC(C(=O)NCc4ccn[nH]4)CC3=O)sc2c1. The average Bonchev–Trinajstić information content (AvgIpc) is 3.38. The van der Waals surface area contributed by atoms with Crippen molar-refractivity contribution in [3.63, 3.8) is 0 Å². The van der Waals surface area contributed by atoms with Gasteiger partial charge in [-0.2, -0.15) is 5.10 Å². The molecular formula is C18H19N5O3S. The quantitative estimate of drug-likeness (QED) is 0.677. The van der Waals surface area contributed by atoms with Crippen molar-refractivity contribution < 1.29 is 14.3 Å². The molecule has 0 aliphatic carbocycles. The van der Waals surface area contributed by atoms with Crippen LogP contribution in [0.15, 0.2) is 30.5 Å². The van der Waals surface area contributed by atoms with Crippen LogP contribution < -0.4 is 15.0 Å². The van der Waals surface area contributed by atoms with Crippen molar-refractivity contribution in [3.05, 3.63) is 36.2 Å². The predicted octanol–water partition coefficient (Wildman–Crippen LogP) is 2.09. The zero-order chi connectivity index (χ0) is 18.8. The Morgan fingerprint density at radius 1 is 1.44 bits per heavy atom. The van der Waals surface area contributed by atoms with Gasteiger partial charge in [0.05, 0.1) is 35.0 Å². The van der Waals surface area contributed by atoms with Gasteiger partial charge in [0.2, 0.25) is 11.8 Å². The van der Waals surface area contributed by atoms with E-state index in [9.17, 15) is 9.59 Å². The maximum Gasteiger partial charge on any atom is 0.229 e. The van der Waals surface area contributed by atoms with Gasteiger partial charge in [-0.15, -0.1) is 0 Å². The summed E-state index contributed by atoms with van der Waals surface area (Å²) in [6, 6.07) is 7.47. The van der Waals surface area contributed by atoms with Gasteiger partial charge in [-0.3, -0.25) is 19.6 Å². The maximum absolute atomic E-state index is 12.4. The van der Waals surface area contributed by atoms with Crippen molar-refractivity contribution in [1.29, 1.82) is 0 Å². The predicted molar refractivity (Wildman–Crippen MR) is 102 cm³/mol. The molecule has 0 radical (unpaired) electrons. The number of hydrogen-bond donors (Lipinski definition) is 2. The van der Waals surface area contributed by atoms with E-state index in [-0.39, 0.29) is 24.2 Å². The molecule has 2 aromatic heterocycles. The highest BCUT2D eigenvalue weighted by molar-refractivity contribution is 7.22. The molecule has 8 nitrogen and oxygen atoms in total. The molecular weight excluding hydrogens is 366 g/mol. The number of carbonyl (C=O) groups excluding carboxylic acids is 2. The molecule has 0 saturated carbocycles. The van der Waals surface area contributed by atoms with E-state index in [2.05, 4.69) is 20.5 Å². The third kappa shape index (κ3) is 3.63. The number of amides is 2. The summed E-state index contributed by atoms with van der Waals surface area (Å²) >= 11 is 1.43. The first kappa shape index (κ1) is 17.5. The Balaban J connectivity index is 1.45. The topological polar surface area (TPSA) is 100 Å². The highest BCUT2D eigenvalue weighted by Crippen LogP contribution is 2.34. The van der Waals surface area contributed by atoms with Crippen molar-refractivity contribution in [3.8, 4) is 5.75 Å². The number of thiazole rings is 1. The molecule has 27 heavy (non-hydrogen) atoms. The van der Waals surface area contributed by atoms with Gasteiger partial charge in [-0.05, 0) is 31.2 Å². The van der Waals surface area contributed by atoms with Crippen LogP contribution in [0.4, 0.5) is 5.13 Å². The second-order valence-electron chi connectivity index (χ2n) is 6.26. The molecule has 0 spiro atoms. The lowest BCUT2D eigenvalue weighted by atomic mass is 10.1. The molecule has 1 saturated heterocycles. The van der Waals surface area contributed by atoms with Gasteiger partial charge in [0, 0.05) is 19.2 Å². The van der Waals surface area contributed by atoms with Crippen LogP contribution in [0.3, 0.4) is 0 Å². The molecule has 1 aliphatic heterocycles. The Morgan fingerprint density at radius 3 is 3.11 bits per heavy atom. The highest BCUT2D eigenvalue weighted by atomic mass is 32.1. The summed E-state index contributed by atoms with van der Waals surface area (Å²) in [5.41, 5.74) is 1.64. The fraction of sp³-hybridized carbons (Fsp3) is 0.333. The van der Waals surface area contributed by atoms with E-state index in [0.717, 1.165) is 21.7 Å². The molecule has 140 valence electrons. The fourth-order valence-corrected chi connectivity index (χ4v) is 4.06. The van der Waals surface area contributed by atoms with E-state index < -0.39 is 0 Å². The highest BCUT2D eigenvalue weighted by Gasteiger charge is 2.36. The van der Waals surface area contributed by atoms with Crippen LogP contribution in [0.5, 0.6) is 5.75 Å². The monoisotopic (exact) mass is 385 g/mol. The zero-order valence-corrected chi connectivity index (χ0v) is 15.6. The lowest BCUT2D eigenvalue weighted by molar-refractivity contribution is -0.126. The maximum atomic E-state index is 12.4. The molecule has 1 aliphatic rings. The standard InChI is InChI=1S/C18H19N5O3S/c1-2-26-13-3-4-14-15(8-13)27-18(21-14)23-10-11(7-16(23)24)17(25)19-9-12-5-6-20-22-12/h3-6,8,11H,2,7,9-10H2,1H3,(H,19,25)(H,20,22). The molecule has 2 amide bonds. The average molecular weight is 385 g/mol. The third-order valence-electron chi connectivity index (χ3n) is 4.40. The summed E-state index contributed by atoms with van der Waals surface area (Å²) in [5, 5.41) is 10.1. The Hall–Kier alpha value is -2.94. The Bertz CT molecular complexity index is 969. The van der Waals surface area contributed by atoms with E-state index in [4.69, 9.17) is 4.74 Å². The summed E-state index contributed by atoms with van der Waals surface area (Å²) in [6.45, 7) is 3.23. The first-order valence-electron chi connectivity index (χ1n) is 8.73. The van der Waals surface area contributed by atoms with Gasteiger partial charge in [0.15, 0.2) is 5.13 Å². The molecule has 0 bridgehead atoms. The molecule has 3 aromatic rings. The van der Waals surface area contributed by atoms with Gasteiger partial charge in [-0.25, -0.2) is 4.98 Å². The lowest BCUT2D eigenvalue weighted by Crippen LogP contribution is -2.32. The van der Waals surface area contributed by atoms with Crippen LogP contribution in [-0.4, -0.2) is 40.1 Å². The van der Waals surface area contributed by atoms with Gasteiger partial charge in [-0.1, -0.05) is 11.3 Å². The number of carbonyl (C=O) groups is 2. The number of benzene rings is 1. The minimum absolute atomic E-state index is 0.0826. The van der Waals surface area contributed by atoms with Gasteiger partial charge >= 0.3 is 0 Å². The molecule has 3 heterocycles. The van der Waals surface area contributed by atoms with Crippen molar-refractivity contribution in [2.45, 2.75) is 19.9 Å². The summed E-state index contributed by atoms with van der Waals surface area (Å²) in [4.78, 5) is 31.0. The van der Waals surface area contributed by atoms with E-state index in [1.165, 1.54) is 11.3 Å². The number of nitrogens with one attached hydrogen (secondary N) is 2. The third-order valence-corrected chi connectivity index (χ3v) is 5.44. The number of anilines is 1. The van der Waals surface area contributed by atoms with Gasteiger partial charge in [0.1, 0.15) is 5.75 Å². The molecule has 1 atom stereocenters. The van der Waals surface area contributed by atoms with Crippen LogP contribution in [0.25, 0.3) is 10.2 Å². The van der Waals surface area contributed by atoms with E-state index in [1.54, 1.807) is 17.2 Å². The molecule has 2 N–H and O–H groups in total. The van der Waals surface area contributed by atoms with Crippen LogP contribution in [0, 0.1) is 5.92 Å². The molecule has 1 unspecified atom stereocenters. The smallest absolute Gasteiger partial charge is 0.229 e. The van der Waals surface area contributed by atoms with E-state index in [1.807, 2.05) is 25.1 Å². The lowest BCUT2D eigenvalue weighted by Gasteiger charge is -2.12. The Morgan fingerprint density at radius 2 is 2.33 bits per heavy atom. The minimum atomic E-state index is -0.383. The first-order chi connectivity index (χ1) is 13.1. The fourth-order valence-electron chi connectivity index (χ4n) is 3.04. The normalized spacial score (nSPS) is 16.9. The summed E-state index contributed by atoms with van der Waals surface area (Å²) in [5.74, 6) is 0.177. The molecule has 4 rings (SSSR count).